The minimum Gasteiger partial charge on any atom is -0.299 e. The number of hydrogen-bond acceptors (Lipinski definition) is 5. The molecule has 1 fully saturated rings. The Balaban J connectivity index is 1.67. The van der Waals surface area contributed by atoms with Crippen LogP contribution >= 0.6 is 23.1 Å². The average Bonchev–Trinajstić information content (AvgIpc) is 3.08. The molecule has 0 unspecified atom stereocenters. The van der Waals surface area contributed by atoms with Crippen LogP contribution in [-0.4, -0.2) is 19.7 Å². The molecule has 4 nitrogen and oxygen atoms in total. The molecule has 0 atom stereocenters. The molecule has 0 N–H and O–H groups in total. The van der Waals surface area contributed by atoms with Crippen molar-refractivity contribution < 1.29 is 4.39 Å². The molecule has 1 saturated carbocycles. The smallest absolute Gasteiger partial charge is 0.192 e. The van der Waals surface area contributed by atoms with Gasteiger partial charge in [-0.2, -0.15) is 0 Å². The lowest BCUT2D eigenvalue weighted by Crippen LogP contribution is -2.01. The van der Waals surface area contributed by atoms with Crippen molar-refractivity contribution in [1.82, 2.24) is 19.7 Å². The maximum atomic E-state index is 14.1. The quantitative estimate of drug-likeness (QED) is 0.658. The normalized spacial score (nSPS) is 14.4. The van der Waals surface area contributed by atoms with Crippen molar-refractivity contribution in [3.8, 4) is 11.4 Å². The standard InChI is InChI=1S/C15H13FN4S2/c16-13-4-2-1-3-12(13)14-18-19-15(20(14)11-5-6-11)22-8-10-7-21-9-17-10/h1-4,7,9,11H,5-6,8H2. The van der Waals surface area contributed by atoms with E-state index in [2.05, 4.69) is 19.7 Å². The Morgan fingerprint density at radius 3 is 2.86 bits per heavy atom. The zero-order valence-corrected chi connectivity index (χ0v) is 13.3. The van der Waals surface area contributed by atoms with E-state index in [1.807, 2.05) is 17.0 Å². The lowest BCUT2D eigenvalue weighted by Gasteiger charge is -2.08. The zero-order chi connectivity index (χ0) is 14.9. The van der Waals surface area contributed by atoms with Gasteiger partial charge in [-0.05, 0) is 25.0 Å². The fraction of sp³-hybridized carbons (Fsp3) is 0.267. The first-order valence-electron chi connectivity index (χ1n) is 7.02. The molecule has 0 spiro atoms. The van der Waals surface area contributed by atoms with Crippen LogP contribution in [0.1, 0.15) is 24.6 Å². The van der Waals surface area contributed by atoms with Gasteiger partial charge in [0, 0.05) is 17.2 Å². The molecule has 22 heavy (non-hydrogen) atoms. The summed E-state index contributed by atoms with van der Waals surface area (Å²) in [6.07, 6.45) is 2.20. The monoisotopic (exact) mass is 332 g/mol. The molecule has 0 amide bonds. The van der Waals surface area contributed by atoms with Crippen molar-refractivity contribution >= 4 is 23.1 Å². The van der Waals surface area contributed by atoms with Gasteiger partial charge in [0.25, 0.3) is 0 Å². The third-order valence-corrected chi connectivity index (χ3v) is 5.14. The molecular formula is C15H13FN4S2. The predicted octanol–water partition coefficient (Wildman–Crippen LogP) is 4.17. The Labute approximate surface area is 135 Å². The van der Waals surface area contributed by atoms with Crippen molar-refractivity contribution in [3.63, 3.8) is 0 Å². The van der Waals surface area contributed by atoms with Crippen molar-refractivity contribution in [2.24, 2.45) is 0 Å². The molecule has 0 radical (unpaired) electrons. The van der Waals surface area contributed by atoms with Gasteiger partial charge in [-0.3, -0.25) is 4.57 Å². The van der Waals surface area contributed by atoms with Gasteiger partial charge in [0.2, 0.25) is 0 Å². The van der Waals surface area contributed by atoms with Crippen LogP contribution in [0.25, 0.3) is 11.4 Å². The van der Waals surface area contributed by atoms with Crippen molar-refractivity contribution in [2.45, 2.75) is 29.8 Å². The van der Waals surface area contributed by atoms with E-state index in [0.717, 1.165) is 29.4 Å². The molecule has 1 aliphatic rings. The van der Waals surface area contributed by atoms with Crippen molar-refractivity contribution in [1.29, 1.82) is 0 Å². The third kappa shape index (κ3) is 2.66. The maximum Gasteiger partial charge on any atom is 0.192 e. The summed E-state index contributed by atoms with van der Waals surface area (Å²) in [4.78, 5) is 4.28. The summed E-state index contributed by atoms with van der Waals surface area (Å²) in [7, 11) is 0. The molecule has 3 aromatic rings. The topological polar surface area (TPSA) is 43.6 Å². The van der Waals surface area contributed by atoms with Gasteiger partial charge in [-0.25, -0.2) is 9.37 Å². The summed E-state index contributed by atoms with van der Waals surface area (Å²) >= 11 is 3.19. The van der Waals surface area contributed by atoms with Crippen molar-refractivity contribution in [3.05, 3.63) is 46.7 Å². The number of aromatic nitrogens is 4. The molecule has 0 aliphatic heterocycles. The molecule has 0 bridgehead atoms. The number of rotatable bonds is 5. The van der Waals surface area contributed by atoms with Gasteiger partial charge in [0.15, 0.2) is 11.0 Å². The van der Waals surface area contributed by atoms with E-state index in [-0.39, 0.29) is 5.82 Å². The van der Waals surface area contributed by atoms with E-state index in [4.69, 9.17) is 0 Å². The lowest BCUT2D eigenvalue weighted by atomic mass is 10.2. The highest BCUT2D eigenvalue weighted by atomic mass is 32.2. The number of benzene rings is 1. The first-order valence-corrected chi connectivity index (χ1v) is 8.95. The Hall–Kier alpha value is -1.73. The molecular weight excluding hydrogens is 319 g/mol. The van der Waals surface area contributed by atoms with Gasteiger partial charge in [-0.1, -0.05) is 23.9 Å². The number of halogens is 1. The summed E-state index contributed by atoms with van der Waals surface area (Å²) in [6.45, 7) is 0. The Morgan fingerprint density at radius 1 is 1.27 bits per heavy atom. The third-order valence-electron chi connectivity index (χ3n) is 3.52. The van der Waals surface area contributed by atoms with Crippen molar-refractivity contribution in [2.75, 3.05) is 0 Å². The van der Waals surface area contributed by atoms with E-state index >= 15 is 0 Å². The largest absolute Gasteiger partial charge is 0.299 e. The average molecular weight is 332 g/mol. The fourth-order valence-corrected chi connectivity index (χ4v) is 3.88. The first kappa shape index (κ1) is 13.9. The lowest BCUT2D eigenvalue weighted by molar-refractivity contribution is 0.622. The van der Waals surface area contributed by atoms with Gasteiger partial charge < -0.3 is 0 Å². The second kappa shape index (κ2) is 5.81. The van der Waals surface area contributed by atoms with E-state index in [1.54, 1.807) is 35.2 Å². The summed E-state index contributed by atoms with van der Waals surface area (Å²) in [5.41, 5.74) is 3.38. The van der Waals surface area contributed by atoms with Crippen LogP contribution in [0.5, 0.6) is 0 Å². The van der Waals surface area contributed by atoms with Crippen LogP contribution < -0.4 is 0 Å². The van der Waals surface area contributed by atoms with Crippen LogP contribution in [0.2, 0.25) is 0 Å². The second-order valence-corrected chi connectivity index (χ2v) is 6.82. The molecule has 4 rings (SSSR count). The predicted molar refractivity (Wildman–Crippen MR) is 85.4 cm³/mol. The Kier molecular flexibility index (Phi) is 3.67. The highest BCUT2D eigenvalue weighted by Gasteiger charge is 2.30. The van der Waals surface area contributed by atoms with Crippen LogP contribution in [-0.2, 0) is 5.75 Å². The Morgan fingerprint density at radius 2 is 2.14 bits per heavy atom. The van der Waals surface area contributed by atoms with E-state index in [9.17, 15) is 4.39 Å². The van der Waals surface area contributed by atoms with Crippen LogP contribution in [0.4, 0.5) is 4.39 Å². The SMILES string of the molecule is Fc1ccccc1-c1nnc(SCc2cscn2)n1C1CC1. The minimum absolute atomic E-state index is 0.257. The molecule has 1 aliphatic carbocycles. The van der Waals surface area contributed by atoms with E-state index in [1.165, 1.54) is 6.07 Å². The van der Waals surface area contributed by atoms with Gasteiger partial charge in [0.05, 0.1) is 16.8 Å². The van der Waals surface area contributed by atoms with Gasteiger partial charge in [0.1, 0.15) is 5.82 Å². The number of nitrogens with zero attached hydrogens (tertiary/aromatic N) is 4. The number of hydrogen-bond donors (Lipinski definition) is 0. The molecule has 112 valence electrons. The highest BCUT2D eigenvalue weighted by Crippen LogP contribution is 2.41. The van der Waals surface area contributed by atoms with Crippen LogP contribution in [0.15, 0.2) is 40.3 Å². The maximum absolute atomic E-state index is 14.1. The number of thiazole rings is 1. The molecule has 2 aromatic heterocycles. The Bertz CT molecular complexity index is 781. The summed E-state index contributed by atoms with van der Waals surface area (Å²) in [5.74, 6) is 1.13. The van der Waals surface area contributed by atoms with Crippen LogP contribution in [0, 0.1) is 5.82 Å². The summed E-state index contributed by atoms with van der Waals surface area (Å²) in [5, 5.41) is 11.4. The van der Waals surface area contributed by atoms with Gasteiger partial charge in [-0.15, -0.1) is 21.5 Å². The highest BCUT2D eigenvalue weighted by molar-refractivity contribution is 7.98. The summed E-state index contributed by atoms with van der Waals surface area (Å²) in [6, 6.07) is 7.12. The molecule has 7 heteroatoms. The molecule has 0 saturated heterocycles. The second-order valence-electron chi connectivity index (χ2n) is 5.16. The van der Waals surface area contributed by atoms with E-state index < -0.39 is 0 Å². The summed E-state index contributed by atoms with van der Waals surface area (Å²) < 4.78 is 16.1. The minimum atomic E-state index is -0.257. The molecule has 2 heterocycles. The zero-order valence-electron chi connectivity index (χ0n) is 11.6. The fourth-order valence-electron chi connectivity index (χ4n) is 2.31. The first-order chi connectivity index (χ1) is 10.8. The number of thioether (sulfide) groups is 1. The van der Waals surface area contributed by atoms with Crippen LogP contribution in [0.3, 0.4) is 0 Å². The van der Waals surface area contributed by atoms with Gasteiger partial charge >= 0.3 is 0 Å². The molecule has 1 aromatic carbocycles. The van der Waals surface area contributed by atoms with E-state index in [0.29, 0.717) is 17.4 Å².